The highest BCUT2D eigenvalue weighted by Gasteiger charge is 2.39. The fraction of sp³-hybridized carbons (Fsp3) is 0.833. The van der Waals surface area contributed by atoms with Crippen LogP contribution in [0.25, 0.3) is 0 Å². The molecule has 0 N–H and O–H groups in total. The lowest BCUT2D eigenvalue weighted by Crippen LogP contribution is -2.30. The Hall–Kier alpha value is -0.880. The van der Waals surface area contributed by atoms with Crippen LogP contribution in [0.2, 0.25) is 0 Å². The summed E-state index contributed by atoms with van der Waals surface area (Å²) in [5.41, 5.74) is -0.983. The van der Waals surface area contributed by atoms with Gasteiger partial charge in [0.15, 0.2) is 0 Å². The molecule has 2 atom stereocenters. The molecule has 0 saturated carbocycles. The number of hydrogen-bond donors (Lipinski definition) is 0. The average Bonchev–Trinajstić information content (AvgIpc) is 2.45. The molecule has 3 heteroatoms. The first-order valence-corrected chi connectivity index (χ1v) is 5.39. The Kier molecular flexibility index (Phi) is 3.20. The van der Waals surface area contributed by atoms with Crippen LogP contribution in [0.4, 0.5) is 0 Å². The Labute approximate surface area is 91.4 Å². The minimum Gasteiger partial charge on any atom is -0.372 e. The van der Waals surface area contributed by atoms with Crippen molar-refractivity contribution in [2.45, 2.75) is 58.7 Å². The van der Waals surface area contributed by atoms with Gasteiger partial charge in [0.1, 0.15) is 11.2 Å². The van der Waals surface area contributed by atoms with Gasteiger partial charge in [-0.3, -0.25) is 4.79 Å². The van der Waals surface area contributed by atoms with Gasteiger partial charge in [-0.25, -0.2) is 0 Å². The Morgan fingerprint density at radius 2 is 2.27 bits per heavy atom. The fourth-order valence-electron chi connectivity index (χ4n) is 1.94. The summed E-state index contributed by atoms with van der Waals surface area (Å²) in [6, 6.07) is 2.10. The van der Waals surface area contributed by atoms with Gasteiger partial charge in [0.2, 0.25) is 0 Å². The van der Waals surface area contributed by atoms with Crippen molar-refractivity contribution >= 4 is 5.78 Å². The van der Waals surface area contributed by atoms with E-state index in [1.165, 1.54) is 6.92 Å². The predicted molar refractivity (Wildman–Crippen MR) is 57.2 cm³/mol. The maximum atomic E-state index is 11.4. The molecule has 1 aliphatic rings. The summed E-state index contributed by atoms with van der Waals surface area (Å²) in [4.78, 5) is 11.4. The van der Waals surface area contributed by atoms with Crippen LogP contribution in [0, 0.1) is 16.7 Å². The first-order chi connectivity index (χ1) is 6.79. The SMILES string of the molecule is CC(=O)C(C)(C#N)CC1CCC(C)(C)O1. The number of rotatable bonds is 3. The summed E-state index contributed by atoms with van der Waals surface area (Å²) in [5.74, 6) is -0.0710. The van der Waals surface area contributed by atoms with E-state index in [9.17, 15) is 4.79 Å². The van der Waals surface area contributed by atoms with Crippen LogP contribution in [0.5, 0.6) is 0 Å². The smallest absolute Gasteiger partial charge is 0.149 e. The number of carbonyl (C=O) groups is 1. The molecule has 2 unspecified atom stereocenters. The summed E-state index contributed by atoms with van der Waals surface area (Å²) >= 11 is 0. The van der Waals surface area contributed by atoms with Crippen LogP contribution in [0.3, 0.4) is 0 Å². The molecule has 3 nitrogen and oxygen atoms in total. The highest BCUT2D eigenvalue weighted by Crippen LogP contribution is 2.36. The van der Waals surface area contributed by atoms with Crippen LogP contribution in [-0.2, 0) is 9.53 Å². The van der Waals surface area contributed by atoms with Crippen molar-refractivity contribution in [3.8, 4) is 6.07 Å². The van der Waals surface area contributed by atoms with Gasteiger partial charge in [0.25, 0.3) is 0 Å². The Morgan fingerprint density at radius 3 is 2.60 bits per heavy atom. The Morgan fingerprint density at radius 1 is 1.67 bits per heavy atom. The second kappa shape index (κ2) is 3.94. The van der Waals surface area contributed by atoms with E-state index in [4.69, 9.17) is 10.00 Å². The second-order valence-corrected chi connectivity index (χ2v) is 5.24. The van der Waals surface area contributed by atoms with Gasteiger partial charge in [-0.05, 0) is 47.0 Å². The second-order valence-electron chi connectivity index (χ2n) is 5.24. The lowest BCUT2D eigenvalue weighted by atomic mass is 9.82. The van der Waals surface area contributed by atoms with Gasteiger partial charge in [-0.1, -0.05) is 0 Å². The van der Waals surface area contributed by atoms with E-state index in [0.717, 1.165) is 12.8 Å². The summed E-state index contributed by atoms with van der Waals surface area (Å²) in [6.45, 7) is 7.27. The third kappa shape index (κ3) is 2.79. The fourth-order valence-corrected chi connectivity index (χ4v) is 1.94. The van der Waals surface area contributed by atoms with Gasteiger partial charge in [-0.2, -0.15) is 5.26 Å². The zero-order chi connectivity index (χ0) is 11.7. The molecule has 0 bridgehead atoms. The average molecular weight is 209 g/mol. The highest BCUT2D eigenvalue weighted by molar-refractivity contribution is 5.84. The molecule has 0 aliphatic carbocycles. The third-order valence-electron chi connectivity index (χ3n) is 3.21. The molecule has 15 heavy (non-hydrogen) atoms. The van der Waals surface area contributed by atoms with Crippen molar-refractivity contribution in [1.82, 2.24) is 0 Å². The van der Waals surface area contributed by atoms with Crippen molar-refractivity contribution in [1.29, 1.82) is 5.26 Å². The van der Waals surface area contributed by atoms with Crippen molar-refractivity contribution < 1.29 is 9.53 Å². The highest BCUT2D eigenvalue weighted by atomic mass is 16.5. The van der Waals surface area contributed by atoms with Gasteiger partial charge < -0.3 is 4.74 Å². The number of ketones is 1. The summed E-state index contributed by atoms with van der Waals surface area (Å²) in [6.07, 6.45) is 2.50. The zero-order valence-electron chi connectivity index (χ0n) is 9.96. The Balaban J connectivity index is 2.64. The van der Waals surface area contributed by atoms with Crippen LogP contribution >= 0.6 is 0 Å². The number of Topliss-reactive ketones (excluding diaryl/α,β-unsaturated/α-hetero) is 1. The third-order valence-corrected chi connectivity index (χ3v) is 3.21. The summed E-state index contributed by atoms with van der Waals surface area (Å²) in [5, 5.41) is 9.02. The van der Waals surface area contributed by atoms with Gasteiger partial charge in [0, 0.05) is 0 Å². The van der Waals surface area contributed by atoms with E-state index in [0.29, 0.717) is 6.42 Å². The molecule has 0 spiro atoms. The minimum atomic E-state index is -0.884. The van der Waals surface area contributed by atoms with Gasteiger partial charge in [-0.15, -0.1) is 0 Å². The normalized spacial score (nSPS) is 28.1. The topological polar surface area (TPSA) is 50.1 Å². The number of nitrogens with zero attached hydrogens (tertiary/aromatic N) is 1. The van der Waals surface area contributed by atoms with E-state index in [2.05, 4.69) is 6.07 Å². The summed E-state index contributed by atoms with van der Waals surface area (Å²) < 4.78 is 5.79. The van der Waals surface area contributed by atoms with Crippen LogP contribution < -0.4 is 0 Å². The van der Waals surface area contributed by atoms with Crippen LogP contribution in [-0.4, -0.2) is 17.5 Å². The molecule has 1 heterocycles. The lowest BCUT2D eigenvalue weighted by Gasteiger charge is -2.24. The number of ether oxygens (including phenoxy) is 1. The van der Waals surface area contributed by atoms with Crippen molar-refractivity contribution in [3.05, 3.63) is 0 Å². The molecule has 0 amide bonds. The standard InChI is InChI=1S/C12H19NO2/c1-9(14)12(4,8-13)7-10-5-6-11(2,3)15-10/h10H,5-7H2,1-4H3. The van der Waals surface area contributed by atoms with Crippen molar-refractivity contribution in [2.24, 2.45) is 5.41 Å². The van der Waals surface area contributed by atoms with E-state index >= 15 is 0 Å². The minimum absolute atomic E-state index is 0.0496. The van der Waals surface area contributed by atoms with Gasteiger partial charge >= 0.3 is 0 Å². The molecule has 1 fully saturated rings. The maximum absolute atomic E-state index is 11.4. The molecule has 1 rings (SSSR count). The quantitative estimate of drug-likeness (QED) is 0.717. The molecule has 1 aliphatic heterocycles. The van der Waals surface area contributed by atoms with E-state index in [1.807, 2.05) is 13.8 Å². The predicted octanol–water partition coefficient (Wildman–Crippen LogP) is 2.45. The van der Waals surface area contributed by atoms with Crippen molar-refractivity contribution in [2.75, 3.05) is 0 Å². The first kappa shape index (κ1) is 12.2. The number of hydrogen-bond acceptors (Lipinski definition) is 3. The molecular weight excluding hydrogens is 190 g/mol. The Bertz CT molecular complexity index is 303. The number of nitriles is 1. The van der Waals surface area contributed by atoms with Crippen LogP contribution in [0.1, 0.15) is 47.0 Å². The molecule has 0 radical (unpaired) electrons. The lowest BCUT2D eigenvalue weighted by molar-refractivity contribution is -0.125. The molecule has 0 aromatic carbocycles. The van der Waals surface area contributed by atoms with E-state index in [-0.39, 0.29) is 17.5 Å². The van der Waals surface area contributed by atoms with Crippen molar-refractivity contribution in [3.63, 3.8) is 0 Å². The molecule has 0 aromatic rings. The van der Waals surface area contributed by atoms with Gasteiger partial charge in [0.05, 0.1) is 17.8 Å². The molecular formula is C12H19NO2. The molecule has 0 aromatic heterocycles. The monoisotopic (exact) mass is 209 g/mol. The molecule has 1 saturated heterocycles. The largest absolute Gasteiger partial charge is 0.372 e. The maximum Gasteiger partial charge on any atom is 0.149 e. The molecule has 84 valence electrons. The summed E-state index contributed by atoms with van der Waals surface area (Å²) in [7, 11) is 0. The first-order valence-electron chi connectivity index (χ1n) is 5.39. The zero-order valence-corrected chi connectivity index (χ0v) is 9.96. The van der Waals surface area contributed by atoms with E-state index in [1.54, 1.807) is 6.92 Å². The van der Waals surface area contributed by atoms with E-state index < -0.39 is 5.41 Å². The number of carbonyl (C=O) groups excluding carboxylic acids is 1. The van der Waals surface area contributed by atoms with Crippen LogP contribution in [0.15, 0.2) is 0 Å².